The molecule has 0 spiro atoms. The first-order valence-electron chi connectivity index (χ1n) is 5.98. The van der Waals surface area contributed by atoms with E-state index in [-0.39, 0.29) is 0 Å². The second kappa shape index (κ2) is 5.61. The van der Waals surface area contributed by atoms with Crippen molar-refractivity contribution in [2.75, 3.05) is 6.54 Å². The number of nitrogens with zero attached hydrogens (tertiary/aromatic N) is 1. The van der Waals surface area contributed by atoms with Crippen LogP contribution in [0, 0.1) is 0 Å². The van der Waals surface area contributed by atoms with Crippen LogP contribution in [-0.2, 0) is 0 Å². The minimum Gasteiger partial charge on any atom is -0.342 e. The van der Waals surface area contributed by atoms with Crippen molar-refractivity contribution in [3.05, 3.63) is 42.6 Å². The van der Waals surface area contributed by atoms with Gasteiger partial charge in [0.25, 0.3) is 0 Å². The van der Waals surface area contributed by atoms with Gasteiger partial charge in [0.1, 0.15) is 17.2 Å². The van der Waals surface area contributed by atoms with Crippen LogP contribution in [-0.4, -0.2) is 28.0 Å². The first-order valence-corrected chi connectivity index (χ1v) is 11.3. The third-order valence-electron chi connectivity index (χ3n) is 3.37. The highest BCUT2D eigenvalue weighted by Crippen LogP contribution is 2.12. The van der Waals surface area contributed by atoms with Crippen molar-refractivity contribution in [3.63, 3.8) is 0 Å². The predicted molar refractivity (Wildman–Crippen MR) is 79.1 cm³/mol. The molecule has 0 amide bonds. The van der Waals surface area contributed by atoms with Crippen LogP contribution >= 0.6 is 0 Å². The highest BCUT2D eigenvalue weighted by Gasteiger charge is 2.32. The van der Waals surface area contributed by atoms with Crippen LogP contribution in [0.15, 0.2) is 42.6 Å². The summed E-state index contributed by atoms with van der Waals surface area (Å²) in [5.41, 5.74) is 2.18. The summed E-state index contributed by atoms with van der Waals surface area (Å²) in [7, 11) is -2.40. The molecule has 1 unspecified atom stereocenters. The maximum Gasteiger partial charge on any atom is 0.147 e. The predicted octanol–water partition coefficient (Wildman–Crippen LogP) is 2.50. The smallest absolute Gasteiger partial charge is 0.147 e. The summed E-state index contributed by atoms with van der Waals surface area (Å²) in [5.74, 6) is 0. The Morgan fingerprint density at radius 2 is 1.88 bits per heavy atom. The minimum atomic E-state index is -1.47. The molecule has 16 heavy (non-hydrogen) atoms. The Kier molecular flexibility index (Phi) is 4.71. The Morgan fingerprint density at radius 3 is 2.31 bits per heavy atom. The zero-order valence-corrected chi connectivity index (χ0v) is 13.1. The van der Waals surface area contributed by atoms with E-state index in [4.69, 9.17) is 0 Å². The fraction of sp³-hybridized carbons (Fsp3) is 0.385. The first kappa shape index (κ1) is 13.4. The maximum absolute atomic E-state index is 3.98. The Morgan fingerprint density at radius 1 is 1.31 bits per heavy atom. The van der Waals surface area contributed by atoms with Gasteiger partial charge in [0, 0.05) is 0 Å². The van der Waals surface area contributed by atoms with Gasteiger partial charge in [-0.05, 0) is 11.7 Å². The summed E-state index contributed by atoms with van der Waals surface area (Å²) in [5, 5.41) is 1.53. The first-order chi connectivity index (χ1) is 7.54. The van der Waals surface area contributed by atoms with E-state index in [1.165, 1.54) is 5.19 Å². The average molecular weight is 250 g/mol. The maximum atomic E-state index is 3.98. The molecule has 1 aromatic rings. The highest BCUT2D eigenvalue weighted by atomic mass is 28.4. The lowest BCUT2D eigenvalue weighted by Gasteiger charge is -2.39. The molecule has 0 saturated carbocycles. The van der Waals surface area contributed by atoms with E-state index in [0.717, 1.165) is 6.54 Å². The molecule has 0 N–H and O–H groups in total. The summed E-state index contributed by atoms with van der Waals surface area (Å²) < 4.78 is 2.73. The summed E-state index contributed by atoms with van der Waals surface area (Å²) in [6, 6.07) is 11.0. The van der Waals surface area contributed by atoms with Gasteiger partial charge in [0.2, 0.25) is 0 Å². The van der Waals surface area contributed by atoms with Gasteiger partial charge in [-0.3, -0.25) is 0 Å². The van der Waals surface area contributed by atoms with E-state index < -0.39 is 17.2 Å². The van der Waals surface area contributed by atoms with Crippen molar-refractivity contribution in [2.24, 2.45) is 0 Å². The third-order valence-corrected chi connectivity index (χ3v) is 12.1. The Labute approximate surface area is 103 Å². The zero-order chi connectivity index (χ0) is 12.2. The lowest BCUT2D eigenvalue weighted by molar-refractivity contribution is 0.679. The molecule has 0 radical (unpaired) electrons. The number of hydrogen-bond donors (Lipinski definition) is 0. The Bertz CT molecular complexity index is 335. The number of rotatable bonds is 5. The van der Waals surface area contributed by atoms with Crippen LogP contribution in [0.2, 0.25) is 19.6 Å². The molecule has 88 valence electrons. The molecular weight excluding hydrogens is 226 g/mol. The molecule has 3 heteroatoms. The van der Waals surface area contributed by atoms with Gasteiger partial charge in [-0.2, -0.15) is 0 Å². The van der Waals surface area contributed by atoms with Gasteiger partial charge in [0.15, 0.2) is 0 Å². The van der Waals surface area contributed by atoms with Crippen molar-refractivity contribution in [1.82, 2.24) is 4.23 Å². The van der Waals surface area contributed by atoms with Crippen molar-refractivity contribution in [2.45, 2.75) is 26.6 Å². The van der Waals surface area contributed by atoms with Gasteiger partial charge < -0.3 is 4.23 Å². The van der Waals surface area contributed by atoms with Crippen LogP contribution in [0.25, 0.3) is 0 Å². The van der Waals surface area contributed by atoms with Crippen molar-refractivity contribution >= 4 is 22.4 Å². The summed E-state index contributed by atoms with van der Waals surface area (Å²) in [4.78, 5) is 0. The molecule has 1 atom stereocenters. The van der Waals surface area contributed by atoms with Gasteiger partial charge in [-0.25, -0.2) is 0 Å². The van der Waals surface area contributed by atoms with Crippen molar-refractivity contribution in [3.8, 4) is 0 Å². The van der Waals surface area contributed by atoms with E-state index in [1.54, 1.807) is 0 Å². The molecule has 0 heterocycles. The van der Waals surface area contributed by atoms with E-state index in [0.29, 0.717) is 0 Å². The fourth-order valence-corrected chi connectivity index (χ4v) is 10.1. The van der Waals surface area contributed by atoms with E-state index in [1.807, 2.05) is 0 Å². The largest absolute Gasteiger partial charge is 0.342 e. The Balaban J connectivity index is 3.03. The monoisotopic (exact) mass is 249 g/mol. The second-order valence-electron chi connectivity index (χ2n) is 4.69. The molecule has 0 bridgehead atoms. The van der Waals surface area contributed by atoms with Crippen LogP contribution < -0.4 is 5.19 Å². The van der Waals surface area contributed by atoms with Crippen molar-refractivity contribution in [1.29, 1.82) is 0 Å². The van der Waals surface area contributed by atoms with Crippen LogP contribution in [0.5, 0.6) is 0 Å². The van der Waals surface area contributed by atoms with Crippen LogP contribution in [0.3, 0.4) is 0 Å². The minimum absolute atomic E-state index is 0.932. The molecule has 1 rings (SSSR count). The van der Waals surface area contributed by atoms with Crippen molar-refractivity contribution < 1.29 is 0 Å². The number of hydrogen-bond acceptors (Lipinski definition) is 1. The van der Waals surface area contributed by atoms with E-state index in [9.17, 15) is 0 Å². The van der Waals surface area contributed by atoms with E-state index in [2.05, 4.69) is 73.4 Å². The average Bonchev–Trinajstić information content (AvgIpc) is 2.30. The normalized spacial score (nSPS) is 13.8. The topological polar surface area (TPSA) is 3.24 Å². The number of benzene rings is 1. The lowest BCUT2D eigenvalue weighted by atomic mass is 10.4. The van der Waals surface area contributed by atoms with Crippen LogP contribution in [0.4, 0.5) is 0 Å². The molecule has 1 nitrogen and oxygen atoms in total. The summed E-state index contributed by atoms with van der Waals surface area (Å²) in [6.07, 6.45) is 0. The summed E-state index contributed by atoms with van der Waals surface area (Å²) >= 11 is 0. The second-order valence-corrected chi connectivity index (χ2v) is 12.0. The lowest BCUT2D eigenvalue weighted by Crippen LogP contribution is -2.61. The quantitative estimate of drug-likeness (QED) is 0.725. The molecule has 0 fully saturated rings. The van der Waals surface area contributed by atoms with Gasteiger partial charge in [-0.15, -0.1) is 6.58 Å². The molecule has 0 saturated heterocycles. The molecule has 1 aromatic carbocycles. The molecular formula is C13H23NSi2. The fourth-order valence-electron chi connectivity index (χ4n) is 2.33. The third kappa shape index (κ3) is 2.72. The molecule has 0 aromatic heterocycles. The Hall–Kier alpha value is -0.646. The standard InChI is InChI=1S/C13H23NSi2/c1-6-14(15(3)7-2)16(4,5)13-11-9-8-10-12-13/h7-12,15H,2,6H2,1,3-5H3. The van der Waals surface area contributed by atoms with Crippen LogP contribution in [0.1, 0.15) is 6.92 Å². The van der Waals surface area contributed by atoms with Gasteiger partial charge >= 0.3 is 0 Å². The molecule has 0 aliphatic heterocycles. The molecule has 0 aliphatic rings. The van der Waals surface area contributed by atoms with Gasteiger partial charge in [0.05, 0.1) is 0 Å². The zero-order valence-electron chi connectivity index (χ0n) is 10.9. The van der Waals surface area contributed by atoms with Gasteiger partial charge in [-0.1, -0.05) is 62.6 Å². The highest BCUT2D eigenvalue weighted by molar-refractivity contribution is 6.94. The molecule has 0 aliphatic carbocycles. The summed E-state index contributed by atoms with van der Waals surface area (Å²) in [6.45, 7) is 14.6. The van der Waals surface area contributed by atoms with E-state index >= 15 is 0 Å². The SMILES string of the molecule is C=C[SiH](C)N(CC)[Si](C)(C)c1ccccc1.